The van der Waals surface area contributed by atoms with Crippen LogP contribution in [0.2, 0.25) is 0 Å². The van der Waals surface area contributed by atoms with Crippen LogP contribution in [0.3, 0.4) is 0 Å². The van der Waals surface area contributed by atoms with Crippen molar-refractivity contribution in [2.75, 3.05) is 54.8 Å². The number of ether oxygens (including phenoxy) is 1. The van der Waals surface area contributed by atoms with Gasteiger partial charge in [0.05, 0.1) is 18.9 Å². The van der Waals surface area contributed by atoms with Crippen LogP contribution in [-0.4, -0.2) is 61.0 Å². The topological polar surface area (TPSA) is 112 Å². The Morgan fingerprint density at radius 2 is 1.81 bits per heavy atom. The maximum atomic E-state index is 13.7. The minimum atomic E-state index is -0.276. The molecule has 5 rings (SSSR count). The van der Waals surface area contributed by atoms with E-state index >= 15 is 0 Å². The van der Waals surface area contributed by atoms with Gasteiger partial charge in [-0.05, 0) is 66.9 Å². The van der Waals surface area contributed by atoms with Gasteiger partial charge in [-0.2, -0.15) is 0 Å². The van der Waals surface area contributed by atoms with Crippen molar-refractivity contribution in [2.24, 2.45) is 7.05 Å². The van der Waals surface area contributed by atoms with Gasteiger partial charge >= 0.3 is 0 Å². The third kappa shape index (κ3) is 6.25. The van der Waals surface area contributed by atoms with Crippen LogP contribution in [0.25, 0.3) is 11.1 Å². The molecule has 4 aromatic rings. The zero-order chi connectivity index (χ0) is 30.7. The van der Waals surface area contributed by atoms with Gasteiger partial charge in [-0.1, -0.05) is 18.2 Å². The molecular formula is C33H38N6O4. The third-order valence-corrected chi connectivity index (χ3v) is 7.60. The number of fused-ring (bicyclic) bond motifs is 1. The van der Waals surface area contributed by atoms with Crippen molar-refractivity contribution in [1.29, 1.82) is 0 Å². The van der Waals surface area contributed by atoms with Gasteiger partial charge in [0, 0.05) is 69.4 Å². The number of hydrogen-bond acceptors (Lipinski definition) is 8. The van der Waals surface area contributed by atoms with Gasteiger partial charge in [0.25, 0.3) is 11.5 Å². The highest BCUT2D eigenvalue weighted by molar-refractivity contribution is 6.09. The number of nitrogens with one attached hydrogen (secondary N) is 2. The number of amides is 1. The molecule has 1 atom stereocenters. The minimum absolute atomic E-state index is 0.0592. The number of nitrogens with zero attached hydrogens (tertiary/aromatic N) is 4. The van der Waals surface area contributed by atoms with Gasteiger partial charge in [-0.3, -0.25) is 9.59 Å². The number of rotatable bonds is 10. The fourth-order valence-corrected chi connectivity index (χ4v) is 5.46. The second-order valence-corrected chi connectivity index (χ2v) is 11.0. The van der Waals surface area contributed by atoms with E-state index in [1.165, 1.54) is 4.57 Å². The molecule has 2 aromatic heterocycles. The lowest BCUT2D eigenvalue weighted by molar-refractivity contribution is 0.0980. The zero-order valence-electron chi connectivity index (χ0n) is 25.2. The van der Waals surface area contributed by atoms with Crippen molar-refractivity contribution in [2.45, 2.75) is 26.0 Å². The molecule has 1 amide bonds. The van der Waals surface area contributed by atoms with E-state index in [1.54, 1.807) is 37.4 Å². The highest BCUT2D eigenvalue weighted by Crippen LogP contribution is 2.35. The summed E-state index contributed by atoms with van der Waals surface area (Å²) in [6.07, 6.45) is 2.44. The van der Waals surface area contributed by atoms with Crippen LogP contribution in [0, 0.1) is 0 Å². The largest absolute Gasteiger partial charge is 0.392 e. The van der Waals surface area contributed by atoms with Gasteiger partial charge < -0.3 is 34.8 Å². The number of methoxy groups -OCH3 is 1. The van der Waals surface area contributed by atoms with Gasteiger partial charge in [-0.15, -0.1) is 0 Å². The lowest BCUT2D eigenvalue weighted by Gasteiger charge is -2.31. The first kappa shape index (κ1) is 29.8. The lowest BCUT2D eigenvalue weighted by Crippen LogP contribution is -2.38. The molecule has 1 aliphatic rings. The second-order valence-electron chi connectivity index (χ2n) is 11.0. The molecular weight excluding hydrogens is 544 g/mol. The van der Waals surface area contributed by atoms with Crippen molar-refractivity contribution in [3.63, 3.8) is 0 Å². The summed E-state index contributed by atoms with van der Waals surface area (Å²) in [4.78, 5) is 35.2. The van der Waals surface area contributed by atoms with Crippen molar-refractivity contribution in [1.82, 2.24) is 9.55 Å². The number of benzene rings is 2. The number of anilines is 5. The highest BCUT2D eigenvalue weighted by Gasteiger charge is 2.28. The zero-order valence-corrected chi connectivity index (χ0v) is 25.2. The molecule has 0 bridgehead atoms. The summed E-state index contributed by atoms with van der Waals surface area (Å²) in [5.74, 6) is 1.07. The van der Waals surface area contributed by atoms with E-state index < -0.39 is 0 Å². The van der Waals surface area contributed by atoms with E-state index in [1.807, 2.05) is 68.4 Å². The average Bonchev–Trinajstić information content (AvgIpc) is 2.99. The van der Waals surface area contributed by atoms with E-state index in [4.69, 9.17) is 4.74 Å². The molecule has 1 aliphatic heterocycles. The summed E-state index contributed by atoms with van der Waals surface area (Å²) in [7, 11) is 7.29. The van der Waals surface area contributed by atoms with E-state index in [9.17, 15) is 14.7 Å². The van der Waals surface area contributed by atoms with E-state index in [-0.39, 0.29) is 24.1 Å². The Morgan fingerprint density at radius 1 is 1.05 bits per heavy atom. The monoisotopic (exact) mass is 582 g/mol. The van der Waals surface area contributed by atoms with Crippen LogP contribution < -0.4 is 26.0 Å². The summed E-state index contributed by atoms with van der Waals surface area (Å²) >= 11 is 0. The molecule has 2 aromatic carbocycles. The third-order valence-electron chi connectivity index (χ3n) is 7.60. The Kier molecular flexibility index (Phi) is 8.79. The maximum absolute atomic E-state index is 13.7. The van der Waals surface area contributed by atoms with Gasteiger partial charge in [-0.25, -0.2) is 4.98 Å². The quantitative estimate of drug-likeness (QED) is 0.252. The molecule has 0 spiro atoms. The average molecular weight is 583 g/mol. The normalized spacial score (nSPS) is 13.4. The van der Waals surface area contributed by atoms with Crippen molar-refractivity contribution >= 4 is 34.6 Å². The molecule has 3 heterocycles. The Balaban J connectivity index is 1.48. The number of aryl methyl sites for hydroxylation is 1. The summed E-state index contributed by atoms with van der Waals surface area (Å²) in [5, 5.41) is 17.0. The van der Waals surface area contributed by atoms with Crippen molar-refractivity contribution in [3.8, 4) is 11.1 Å². The Morgan fingerprint density at radius 3 is 2.56 bits per heavy atom. The summed E-state index contributed by atoms with van der Waals surface area (Å²) in [6, 6.07) is 18.8. The molecule has 0 radical (unpaired) electrons. The number of carbonyl (C=O) groups excluding carboxylic acids is 1. The van der Waals surface area contributed by atoms with Crippen LogP contribution in [0.5, 0.6) is 0 Å². The molecule has 3 N–H and O–H groups in total. The Bertz CT molecular complexity index is 1700. The lowest BCUT2D eigenvalue weighted by atomic mass is 9.94. The van der Waals surface area contributed by atoms with Crippen LogP contribution in [0.1, 0.15) is 28.4 Å². The van der Waals surface area contributed by atoms with Crippen molar-refractivity contribution in [3.05, 3.63) is 93.9 Å². The van der Waals surface area contributed by atoms with Crippen molar-refractivity contribution < 1.29 is 14.6 Å². The van der Waals surface area contributed by atoms with Crippen LogP contribution >= 0.6 is 0 Å². The summed E-state index contributed by atoms with van der Waals surface area (Å²) in [6.45, 7) is 2.75. The number of pyridine rings is 2. The van der Waals surface area contributed by atoms with Crippen LogP contribution in [0.4, 0.5) is 28.7 Å². The fraction of sp³-hybridized carbons (Fsp3) is 0.303. The Hall–Kier alpha value is -4.67. The first-order valence-corrected chi connectivity index (χ1v) is 14.3. The number of aliphatic hydroxyl groups is 1. The smallest absolute Gasteiger partial charge is 0.274 e. The predicted molar refractivity (Wildman–Crippen MR) is 172 cm³/mol. The number of hydrogen-bond donors (Lipinski definition) is 3. The maximum Gasteiger partial charge on any atom is 0.274 e. The Labute approximate surface area is 251 Å². The second kappa shape index (κ2) is 12.7. The van der Waals surface area contributed by atoms with Gasteiger partial charge in [0.15, 0.2) is 0 Å². The van der Waals surface area contributed by atoms with Gasteiger partial charge in [0.1, 0.15) is 17.3 Å². The number of carbonyl (C=O) groups is 1. The fourth-order valence-electron chi connectivity index (χ4n) is 5.46. The molecule has 0 fully saturated rings. The van der Waals surface area contributed by atoms with Gasteiger partial charge in [0.2, 0.25) is 0 Å². The molecule has 0 saturated heterocycles. The standard InChI is InChI=1S/C33H38N6O4/c1-21(20-43-5)34-30-10-7-11-31(36-30)35-28-17-23(18-38(4)33(28)42)25-8-6-9-29(27(25)19-40)39-15-14-22-16-24(37(2)3)12-13-26(22)32(39)41/h6-13,16-18,21,40H,14-15,19-20H2,1-5H3,(H2,34,35,36). The number of aliphatic hydroxyl groups excluding tert-OH is 1. The van der Waals surface area contributed by atoms with Crippen LogP contribution in [0.15, 0.2) is 71.7 Å². The molecule has 224 valence electrons. The molecule has 10 nitrogen and oxygen atoms in total. The van der Waals surface area contributed by atoms with E-state index in [0.717, 1.165) is 22.4 Å². The summed E-state index contributed by atoms with van der Waals surface area (Å²) < 4.78 is 6.69. The highest BCUT2D eigenvalue weighted by atomic mass is 16.5. The SMILES string of the molecule is COCC(C)Nc1cccc(Nc2cc(-c3cccc(N4CCc5cc(N(C)C)ccc5C4=O)c3CO)cn(C)c2=O)n1. The molecule has 43 heavy (non-hydrogen) atoms. The minimum Gasteiger partial charge on any atom is -0.392 e. The molecule has 0 saturated carbocycles. The molecule has 10 heteroatoms. The molecule has 1 unspecified atom stereocenters. The predicted octanol–water partition coefficient (Wildman–Crippen LogP) is 4.40. The van der Waals surface area contributed by atoms with E-state index in [2.05, 4.69) is 21.7 Å². The van der Waals surface area contributed by atoms with Crippen LogP contribution in [-0.2, 0) is 24.8 Å². The summed E-state index contributed by atoms with van der Waals surface area (Å²) in [5.41, 5.74) is 5.57. The number of aromatic nitrogens is 2. The first-order valence-electron chi connectivity index (χ1n) is 14.3. The van der Waals surface area contributed by atoms with E-state index in [0.29, 0.717) is 53.7 Å². The first-order chi connectivity index (χ1) is 20.7. The molecule has 0 aliphatic carbocycles.